The predicted molar refractivity (Wildman–Crippen MR) is 91.8 cm³/mol. The van der Waals surface area contributed by atoms with Gasteiger partial charge in [-0.2, -0.15) is 4.73 Å². The first kappa shape index (κ1) is 17.6. The summed E-state index contributed by atoms with van der Waals surface area (Å²) in [6.07, 6.45) is 3.09. The normalized spacial score (nSPS) is 11.4. The predicted octanol–water partition coefficient (Wildman–Crippen LogP) is 2.28. The van der Waals surface area contributed by atoms with E-state index in [4.69, 9.17) is 9.57 Å². The minimum Gasteiger partial charge on any atom is -0.462 e. The molecule has 0 bridgehead atoms. The lowest BCUT2D eigenvalue weighted by atomic mass is 10.0. The van der Waals surface area contributed by atoms with Crippen LogP contribution in [0, 0.1) is 0 Å². The zero-order chi connectivity index (χ0) is 17.7. The molecule has 6 nitrogen and oxygen atoms in total. The van der Waals surface area contributed by atoms with Crippen molar-refractivity contribution in [1.82, 2.24) is 9.63 Å². The molecule has 1 aromatic carbocycles. The Hall–Kier alpha value is -2.76. The number of esters is 1. The molecule has 0 aliphatic rings. The van der Waals surface area contributed by atoms with Crippen LogP contribution < -0.4 is 4.84 Å². The molecule has 0 radical (unpaired) electrons. The molecule has 1 aromatic heterocycles. The SMILES string of the molecule is CCOC(=O)C(=CN(C)C)C(=O)c1cn(OCC)c2ccccc12. The lowest BCUT2D eigenvalue weighted by Crippen LogP contribution is -2.19. The molecule has 24 heavy (non-hydrogen) atoms. The van der Waals surface area contributed by atoms with Crippen LogP contribution in [-0.4, -0.2) is 48.7 Å². The average molecular weight is 330 g/mol. The number of hydrogen-bond acceptors (Lipinski definition) is 5. The third-order valence-electron chi connectivity index (χ3n) is 3.32. The quantitative estimate of drug-likeness (QED) is 0.256. The summed E-state index contributed by atoms with van der Waals surface area (Å²) in [5.74, 6) is -1.03. The van der Waals surface area contributed by atoms with E-state index in [2.05, 4.69) is 0 Å². The van der Waals surface area contributed by atoms with Crippen molar-refractivity contribution >= 4 is 22.7 Å². The van der Waals surface area contributed by atoms with Crippen molar-refractivity contribution in [2.75, 3.05) is 27.3 Å². The summed E-state index contributed by atoms with van der Waals surface area (Å²) >= 11 is 0. The largest absolute Gasteiger partial charge is 0.462 e. The molecule has 0 unspecified atom stereocenters. The Kier molecular flexibility index (Phi) is 5.63. The van der Waals surface area contributed by atoms with Crippen molar-refractivity contribution in [3.63, 3.8) is 0 Å². The Balaban J connectivity index is 2.54. The monoisotopic (exact) mass is 330 g/mol. The van der Waals surface area contributed by atoms with E-state index in [-0.39, 0.29) is 12.2 Å². The summed E-state index contributed by atoms with van der Waals surface area (Å²) in [6, 6.07) is 7.40. The maximum atomic E-state index is 13.0. The first-order valence-electron chi connectivity index (χ1n) is 7.83. The van der Waals surface area contributed by atoms with Crippen LogP contribution in [0.5, 0.6) is 0 Å². The number of nitrogens with zero attached hydrogens (tertiary/aromatic N) is 2. The highest BCUT2D eigenvalue weighted by atomic mass is 16.7. The first-order valence-corrected chi connectivity index (χ1v) is 7.83. The van der Waals surface area contributed by atoms with Gasteiger partial charge in [-0.25, -0.2) is 4.79 Å². The lowest BCUT2D eigenvalue weighted by molar-refractivity contribution is -0.138. The topological polar surface area (TPSA) is 60.8 Å². The van der Waals surface area contributed by atoms with E-state index in [1.807, 2.05) is 31.2 Å². The number of fused-ring (bicyclic) bond motifs is 1. The second kappa shape index (κ2) is 7.68. The van der Waals surface area contributed by atoms with Gasteiger partial charge in [0.15, 0.2) is 0 Å². The molecule has 0 atom stereocenters. The van der Waals surface area contributed by atoms with Crippen LogP contribution in [0.4, 0.5) is 0 Å². The Morgan fingerprint density at radius 2 is 1.88 bits per heavy atom. The van der Waals surface area contributed by atoms with Gasteiger partial charge in [0.05, 0.1) is 23.9 Å². The zero-order valence-corrected chi connectivity index (χ0v) is 14.4. The van der Waals surface area contributed by atoms with E-state index in [9.17, 15) is 9.59 Å². The smallest absolute Gasteiger partial charge is 0.343 e. The van der Waals surface area contributed by atoms with Gasteiger partial charge in [0, 0.05) is 25.7 Å². The van der Waals surface area contributed by atoms with Crippen molar-refractivity contribution in [3.8, 4) is 0 Å². The van der Waals surface area contributed by atoms with Crippen LogP contribution in [0.3, 0.4) is 0 Å². The van der Waals surface area contributed by atoms with Crippen molar-refractivity contribution in [2.45, 2.75) is 13.8 Å². The molecule has 2 rings (SSSR count). The molecular formula is C18H22N2O4. The van der Waals surface area contributed by atoms with E-state index < -0.39 is 11.8 Å². The van der Waals surface area contributed by atoms with Crippen LogP contribution in [0.25, 0.3) is 10.9 Å². The Morgan fingerprint density at radius 1 is 1.17 bits per heavy atom. The van der Waals surface area contributed by atoms with Gasteiger partial charge in [0.25, 0.3) is 0 Å². The third-order valence-corrected chi connectivity index (χ3v) is 3.32. The van der Waals surface area contributed by atoms with E-state index in [1.54, 1.807) is 36.8 Å². The molecule has 0 spiro atoms. The van der Waals surface area contributed by atoms with E-state index in [1.165, 1.54) is 6.20 Å². The van der Waals surface area contributed by atoms with E-state index in [0.717, 1.165) is 10.9 Å². The van der Waals surface area contributed by atoms with E-state index >= 15 is 0 Å². The molecule has 0 saturated heterocycles. The van der Waals surface area contributed by atoms with Gasteiger partial charge in [0.2, 0.25) is 5.78 Å². The molecule has 128 valence electrons. The Morgan fingerprint density at radius 3 is 2.50 bits per heavy atom. The summed E-state index contributed by atoms with van der Waals surface area (Å²) < 4.78 is 6.58. The first-order chi connectivity index (χ1) is 11.5. The van der Waals surface area contributed by atoms with Crippen LogP contribution in [0.2, 0.25) is 0 Å². The number of carbonyl (C=O) groups is 2. The van der Waals surface area contributed by atoms with Gasteiger partial charge >= 0.3 is 5.97 Å². The summed E-state index contributed by atoms with van der Waals surface area (Å²) in [4.78, 5) is 32.3. The fourth-order valence-corrected chi connectivity index (χ4v) is 2.39. The molecule has 0 amide bonds. The minimum atomic E-state index is -0.635. The molecule has 1 heterocycles. The van der Waals surface area contributed by atoms with Gasteiger partial charge in [-0.15, -0.1) is 0 Å². The van der Waals surface area contributed by atoms with Gasteiger partial charge in [-0.05, 0) is 19.9 Å². The molecule has 0 N–H and O–H groups in total. The number of para-hydroxylation sites is 1. The molecule has 2 aromatic rings. The van der Waals surface area contributed by atoms with Crippen LogP contribution in [0.15, 0.2) is 42.2 Å². The maximum Gasteiger partial charge on any atom is 0.343 e. The Bertz CT molecular complexity index is 774. The highest BCUT2D eigenvalue weighted by molar-refractivity contribution is 6.27. The second-order valence-electron chi connectivity index (χ2n) is 5.36. The summed E-state index contributed by atoms with van der Waals surface area (Å²) in [5, 5.41) is 0.727. The lowest BCUT2D eigenvalue weighted by Gasteiger charge is -2.10. The minimum absolute atomic E-state index is 0.0127. The molecule has 0 aliphatic heterocycles. The summed E-state index contributed by atoms with van der Waals surface area (Å²) in [5.41, 5.74) is 1.16. The molecule has 6 heteroatoms. The molecular weight excluding hydrogens is 308 g/mol. The van der Waals surface area contributed by atoms with Gasteiger partial charge in [0.1, 0.15) is 12.2 Å². The standard InChI is InChI=1S/C18H22N2O4/c1-5-23-18(22)15(11-19(3)4)17(21)14-12-20(24-6-2)16-10-8-7-9-13(14)16/h7-12H,5-6H2,1-4H3. The zero-order valence-electron chi connectivity index (χ0n) is 14.4. The highest BCUT2D eigenvalue weighted by Gasteiger charge is 2.25. The number of rotatable bonds is 7. The number of aromatic nitrogens is 1. The Labute approximate surface area is 141 Å². The average Bonchev–Trinajstić information content (AvgIpc) is 2.91. The number of ether oxygens (including phenoxy) is 1. The third kappa shape index (κ3) is 3.59. The van der Waals surface area contributed by atoms with Crippen molar-refractivity contribution in [2.24, 2.45) is 0 Å². The summed E-state index contributed by atoms with van der Waals surface area (Å²) in [6.45, 7) is 4.24. The van der Waals surface area contributed by atoms with Crippen LogP contribution >= 0.6 is 0 Å². The number of ketones is 1. The highest BCUT2D eigenvalue weighted by Crippen LogP contribution is 2.23. The fraction of sp³-hybridized carbons (Fsp3) is 0.333. The summed E-state index contributed by atoms with van der Waals surface area (Å²) in [7, 11) is 3.49. The van der Waals surface area contributed by atoms with E-state index in [0.29, 0.717) is 12.2 Å². The van der Waals surface area contributed by atoms with Gasteiger partial charge < -0.3 is 14.5 Å². The maximum absolute atomic E-state index is 13.0. The second-order valence-corrected chi connectivity index (χ2v) is 5.36. The van der Waals surface area contributed by atoms with Crippen molar-refractivity contribution in [1.29, 1.82) is 0 Å². The van der Waals surface area contributed by atoms with Gasteiger partial charge in [-0.3, -0.25) is 4.79 Å². The van der Waals surface area contributed by atoms with Crippen molar-refractivity contribution < 1.29 is 19.2 Å². The number of benzene rings is 1. The number of carbonyl (C=O) groups excluding carboxylic acids is 2. The number of Topliss-reactive ketones (excluding diaryl/α,β-unsaturated/α-hetero) is 1. The fourth-order valence-electron chi connectivity index (χ4n) is 2.39. The molecule has 0 saturated carbocycles. The number of hydrogen-bond donors (Lipinski definition) is 0. The molecule has 0 fully saturated rings. The molecule has 0 aliphatic carbocycles. The van der Waals surface area contributed by atoms with Crippen molar-refractivity contribution in [3.05, 3.63) is 47.8 Å². The van der Waals surface area contributed by atoms with Crippen LogP contribution in [-0.2, 0) is 9.53 Å². The van der Waals surface area contributed by atoms with Crippen LogP contribution in [0.1, 0.15) is 24.2 Å². The van der Waals surface area contributed by atoms with Gasteiger partial charge in [-0.1, -0.05) is 18.2 Å².